The van der Waals surface area contributed by atoms with E-state index in [1.807, 2.05) is 34.5 Å². The minimum atomic E-state index is -0.560. The molecule has 4 heterocycles. The van der Waals surface area contributed by atoms with Crippen LogP contribution in [0.15, 0.2) is 34.1 Å². The molecule has 1 N–H and O–H groups in total. The summed E-state index contributed by atoms with van der Waals surface area (Å²) in [6, 6.07) is 8.24. The molecular formula is C21H24N2O4S. The molecule has 0 radical (unpaired) electrons. The van der Waals surface area contributed by atoms with Crippen LogP contribution >= 0.6 is 11.3 Å². The van der Waals surface area contributed by atoms with E-state index in [9.17, 15) is 9.59 Å². The average Bonchev–Trinajstić information content (AvgIpc) is 3.14. The van der Waals surface area contributed by atoms with Crippen LogP contribution in [0.4, 0.5) is 0 Å². The number of hydrogen-bond donors (Lipinski definition) is 1. The first-order valence-corrected chi connectivity index (χ1v) is 10.8. The molecule has 0 unspecified atom stereocenters. The van der Waals surface area contributed by atoms with Crippen molar-refractivity contribution in [2.24, 2.45) is 11.3 Å². The maximum atomic E-state index is 12.8. The number of carbonyl (C=O) groups excluding carboxylic acids is 2. The minimum Gasteiger partial charge on any atom is -0.460 e. The molecule has 2 aromatic rings. The normalized spacial score (nSPS) is 26.4. The van der Waals surface area contributed by atoms with Crippen LogP contribution in [0, 0.1) is 11.3 Å². The summed E-state index contributed by atoms with van der Waals surface area (Å²) in [6.07, 6.45) is 3.09. The van der Waals surface area contributed by atoms with Gasteiger partial charge in [-0.1, -0.05) is 6.07 Å². The van der Waals surface area contributed by atoms with Crippen LogP contribution < -0.4 is 5.32 Å². The number of furan rings is 1. The predicted octanol–water partition coefficient (Wildman–Crippen LogP) is 2.69. The van der Waals surface area contributed by atoms with Gasteiger partial charge in [-0.2, -0.15) is 0 Å². The van der Waals surface area contributed by atoms with Gasteiger partial charge in [-0.05, 0) is 36.4 Å². The molecule has 7 heteroatoms. The van der Waals surface area contributed by atoms with E-state index in [0.717, 1.165) is 29.2 Å². The highest BCUT2D eigenvalue weighted by Crippen LogP contribution is 2.42. The van der Waals surface area contributed by atoms with Gasteiger partial charge in [0, 0.05) is 37.9 Å². The number of fused-ring (bicyclic) bond motifs is 1. The van der Waals surface area contributed by atoms with Gasteiger partial charge in [0.1, 0.15) is 11.5 Å². The zero-order valence-electron chi connectivity index (χ0n) is 15.7. The van der Waals surface area contributed by atoms with Crippen LogP contribution in [0.3, 0.4) is 0 Å². The van der Waals surface area contributed by atoms with Gasteiger partial charge in [-0.15, -0.1) is 11.3 Å². The quantitative estimate of drug-likeness (QED) is 0.809. The summed E-state index contributed by atoms with van der Waals surface area (Å²) in [5.74, 6) is 1.92. The standard InChI is InChI=1S/C21H24N2O4S/c24-19(8-6-16-5-7-17(27-16)18-2-1-9-28-18)23-10-14-11-26-13-21(14,12-23)20(25)22-15-3-4-15/h1-2,5,7,9,14-15H,3-4,6,8,10-13H2,(H,22,25)/t14-,21-/m0/s1. The Kier molecular flexibility index (Phi) is 4.51. The molecule has 1 aliphatic carbocycles. The van der Waals surface area contributed by atoms with Gasteiger partial charge in [-0.25, -0.2) is 0 Å². The lowest BCUT2D eigenvalue weighted by Crippen LogP contribution is -2.47. The molecule has 5 rings (SSSR count). The molecule has 1 saturated carbocycles. The van der Waals surface area contributed by atoms with Gasteiger partial charge in [-0.3, -0.25) is 9.59 Å². The molecule has 3 aliphatic rings. The summed E-state index contributed by atoms with van der Waals surface area (Å²) < 4.78 is 11.5. The molecule has 2 aliphatic heterocycles. The molecule has 2 amide bonds. The van der Waals surface area contributed by atoms with Crippen LogP contribution in [0.1, 0.15) is 25.0 Å². The minimum absolute atomic E-state index is 0.0689. The zero-order valence-corrected chi connectivity index (χ0v) is 16.5. The lowest BCUT2D eigenvalue weighted by atomic mass is 9.80. The number of likely N-dealkylation sites (tertiary alicyclic amines) is 1. The number of amides is 2. The molecule has 2 aromatic heterocycles. The second-order valence-electron chi connectivity index (χ2n) is 8.13. The first-order valence-electron chi connectivity index (χ1n) is 9.93. The molecule has 28 heavy (non-hydrogen) atoms. The van der Waals surface area contributed by atoms with Crippen LogP contribution in [-0.2, 0) is 20.7 Å². The van der Waals surface area contributed by atoms with Crippen LogP contribution in [0.2, 0.25) is 0 Å². The third-order valence-corrected chi connectivity index (χ3v) is 6.99. The van der Waals surface area contributed by atoms with E-state index in [-0.39, 0.29) is 17.7 Å². The fraction of sp³-hybridized carbons (Fsp3) is 0.524. The lowest BCUT2D eigenvalue weighted by Gasteiger charge is -2.26. The van der Waals surface area contributed by atoms with Gasteiger partial charge >= 0.3 is 0 Å². The number of thiophene rings is 1. The number of nitrogens with zero attached hydrogens (tertiary/aromatic N) is 1. The first-order chi connectivity index (χ1) is 13.6. The Morgan fingerprint density at radius 3 is 2.96 bits per heavy atom. The molecular weight excluding hydrogens is 376 g/mol. The topological polar surface area (TPSA) is 71.8 Å². The van der Waals surface area contributed by atoms with Crippen molar-refractivity contribution in [1.82, 2.24) is 10.2 Å². The van der Waals surface area contributed by atoms with Crippen molar-refractivity contribution in [2.45, 2.75) is 31.7 Å². The van der Waals surface area contributed by atoms with Crippen molar-refractivity contribution in [3.63, 3.8) is 0 Å². The summed E-state index contributed by atoms with van der Waals surface area (Å²) in [6.45, 7) is 2.05. The second-order valence-corrected chi connectivity index (χ2v) is 9.08. The van der Waals surface area contributed by atoms with E-state index in [1.54, 1.807) is 11.3 Å². The zero-order chi connectivity index (χ0) is 19.1. The summed E-state index contributed by atoms with van der Waals surface area (Å²) in [7, 11) is 0. The second kappa shape index (κ2) is 7.04. The Hall–Kier alpha value is -2.12. The van der Waals surface area contributed by atoms with Crippen LogP contribution in [0.25, 0.3) is 10.6 Å². The van der Waals surface area contributed by atoms with Crippen molar-refractivity contribution in [2.75, 3.05) is 26.3 Å². The summed E-state index contributed by atoms with van der Waals surface area (Å²) >= 11 is 1.64. The molecule has 3 fully saturated rings. The molecule has 2 atom stereocenters. The number of carbonyl (C=O) groups is 2. The predicted molar refractivity (Wildman–Crippen MR) is 105 cm³/mol. The van der Waals surface area contributed by atoms with Crippen molar-refractivity contribution >= 4 is 23.2 Å². The average molecular weight is 401 g/mol. The van der Waals surface area contributed by atoms with E-state index in [0.29, 0.717) is 45.2 Å². The van der Waals surface area contributed by atoms with Gasteiger partial charge in [0.25, 0.3) is 0 Å². The van der Waals surface area contributed by atoms with Gasteiger partial charge in [0.15, 0.2) is 0 Å². The number of nitrogens with one attached hydrogen (secondary N) is 1. The molecule has 0 bridgehead atoms. The number of aryl methyl sites for hydroxylation is 1. The highest BCUT2D eigenvalue weighted by Gasteiger charge is 2.57. The van der Waals surface area contributed by atoms with Gasteiger partial charge < -0.3 is 19.4 Å². The third-order valence-electron chi connectivity index (χ3n) is 6.10. The Morgan fingerprint density at radius 2 is 2.18 bits per heavy atom. The van der Waals surface area contributed by atoms with E-state index < -0.39 is 5.41 Å². The molecule has 2 saturated heterocycles. The van der Waals surface area contributed by atoms with Crippen LogP contribution in [-0.4, -0.2) is 49.1 Å². The van der Waals surface area contributed by atoms with Crippen molar-refractivity contribution in [1.29, 1.82) is 0 Å². The summed E-state index contributed by atoms with van der Waals surface area (Å²) in [4.78, 5) is 28.6. The summed E-state index contributed by atoms with van der Waals surface area (Å²) in [5, 5.41) is 5.14. The monoisotopic (exact) mass is 400 g/mol. The number of ether oxygens (including phenoxy) is 1. The number of hydrogen-bond acceptors (Lipinski definition) is 5. The third kappa shape index (κ3) is 3.26. The Morgan fingerprint density at radius 1 is 1.29 bits per heavy atom. The van der Waals surface area contributed by atoms with Gasteiger partial charge in [0.2, 0.25) is 11.8 Å². The molecule has 6 nitrogen and oxygen atoms in total. The maximum absolute atomic E-state index is 12.8. The number of rotatable bonds is 6. The van der Waals surface area contributed by atoms with Crippen molar-refractivity contribution in [3.8, 4) is 10.6 Å². The fourth-order valence-corrected chi connectivity index (χ4v) is 4.94. The summed E-state index contributed by atoms with van der Waals surface area (Å²) in [5.41, 5.74) is -0.560. The fourth-order valence-electron chi connectivity index (χ4n) is 4.26. The highest BCUT2D eigenvalue weighted by atomic mass is 32.1. The van der Waals surface area contributed by atoms with Gasteiger partial charge in [0.05, 0.1) is 23.5 Å². The van der Waals surface area contributed by atoms with E-state index in [4.69, 9.17) is 9.15 Å². The van der Waals surface area contributed by atoms with Crippen molar-refractivity contribution in [3.05, 3.63) is 35.4 Å². The first kappa shape index (κ1) is 17.9. The lowest BCUT2D eigenvalue weighted by molar-refractivity contribution is -0.134. The van der Waals surface area contributed by atoms with Crippen LogP contribution in [0.5, 0.6) is 0 Å². The largest absolute Gasteiger partial charge is 0.460 e. The molecule has 0 aromatic carbocycles. The van der Waals surface area contributed by atoms with E-state index in [2.05, 4.69) is 5.32 Å². The Labute approximate surface area is 167 Å². The SMILES string of the molecule is O=C(CCc1ccc(-c2cccs2)o1)N1C[C@H]2COC[C@@]2(C(=O)NC2CC2)C1. The highest BCUT2D eigenvalue weighted by molar-refractivity contribution is 7.13. The van der Waals surface area contributed by atoms with E-state index >= 15 is 0 Å². The van der Waals surface area contributed by atoms with Crippen molar-refractivity contribution < 1.29 is 18.7 Å². The molecule has 148 valence electrons. The Bertz CT molecular complexity index is 873. The smallest absolute Gasteiger partial charge is 0.231 e. The Balaban J connectivity index is 1.20. The molecule has 0 spiro atoms. The maximum Gasteiger partial charge on any atom is 0.231 e. The van der Waals surface area contributed by atoms with E-state index in [1.165, 1.54) is 0 Å².